The molecule has 150 valence electrons. The van der Waals surface area contributed by atoms with Gasteiger partial charge in [-0.15, -0.1) is 0 Å². The molecule has 9 heteroatoms. The molecule has 0 aliphatic carbocycles. The highest BCUT2D eigenvalue weighted by Crippen LogP contribution is 2.23. The minimum Gasteiger partial charge on any atom is -0.379 e. The first-order valence-corrected chi connectivity index (χ1v) is 11.3. The zero-order valence-electron chi connectivity index (χ0n) is 15.6. The van der Waals surface area contributed by atoms with Crippen LogP contribution >= 0.6 is 0 Å². The number of carbonyl (C=O) groups excluding carboxylic acids is 1. The smallest absolute Gasteiger partial charge is 0.281 e. The van der Waals surface area contributed by atoms with Crippen molar-refractivity contribution in [3.63, 3.8) is 0 Å². The molecule has 0 bridgehead atoms. The minimum atomic E-state index is -3.40. The number of ether oxygens (including phenoxy) is 1. The molecule has 1 unspecified atom stereocenters. The predicted molar refractivity (Wildman–Crippen MR) is 98.9 cm³/mol. The maximum Gasteiger partial charge on any atom is 0.281 e. The van der Waals surface area contributed by atoms with Gasteiger partial charge in [-0.1, -0.05) is 0 Å². The topological polar surface area (TPSA) is 82.2 Å². The molecule has 0 aromatic rings. The van der Waals surface area contributed by atoms with E-state index in [0.717, 1.165) is 65.0 Å². The van der Waals surface area contributed by atoms with Gasteiger partial charge in [0.1, 0.15) is 0 Å². The van der Waals surface area contributed by atoms with Crippen LogP contribution in [0.25, 0.3) is 0 Å². The molecule has 3 heterocycles. The molecule has 1 atom stereocenters. The molecule has 0 radical (unpaired) electrons. The van der Waals surface area contributed by atoms with Crippen LogP contribution in [0.3, 0.4) is 0 Å². The Bertz CT molecular complexity index is 559. The summed E-state index contributed by atoms with van der Waals surface area (Å²) in [5, 5.41) is 3.00. The van der Waals surface area contributed by atoms with Crippen molar-refractivity contribution in [2.24, 2.45) is 5.92 Å². The molecule has 26 heavy (non-hydrogen) atoms. The van der Waals surface area contributed by atoms with Crippen LogP contribution in [0.15, 0.2) is 0 Å². The van der Waals surface area contributed by atoms with Gasteiger partial charge in [0.15, 0.2) is 0 Å². The largest absolute Gasteiger partial charge is 0.379 e. The average molecular weight is 389 g/mol. The molecule has 0 spiro atoms. The molecule has 0 aromatic carbocycles. The van der Waals surface area contributed by atoms with E-state index in [9.17, 15) is 13.2 Å². The molecule has 3 saturated heterocycles. The predicted octanol–water partition coefficient (Wildman–Crippen LogP) is -0.122. The fourth-order valence-electron chi connectivity index (χ4n) is 3.93. The van der Waals surface area contributed by atoms with E-state index >= 15 is 0 Å². The summed E-state index contributed by atoms with van der Waals surface area (Å²) in [7, 11) is -3.40. The van der Waals surface area contributed by atoms with Crippen LogP contribution in [0.4, 0.5) is 0 Å². The quantitative estimate of drug-likeness (QED) is 0.615. The average Bonchev–Trinajstić information content (AvgIpc) is 3.22. The Balaban J connectivity index is 1.41. The molecule has 0 saturated carbocycles. The molecule has 0 aromatic heterocycles. The second-order valence-electron chi connectivity index (χ2n) is 7.41. The Kier molecular flexibility index (Phi) is 7.27. The van der Waals surface area contributed by atoms with Crippen molar-refractivity contribution in [1.29, 1.82) is 0 Å². The van der Waals surface area contributed by atoms with Gasteiger partial charge in [-0.05, 0) is 38.6 Å². The summed E-state index contributed by atoms with van der Waals surface area (Å²) in [5.41, 5.74) is 0. The van der Waals surface area contributed by atoms with Crippen LogP contribution in [0.5, 0.6) is 0 Å². The molecule has 3 aliphatic heterocycles. The highest BCUT2D eigenvalue weighted by molar-refractivity contribution is 7.86. The number of hydrogen-bond acceptors (Lipinski definition) is 5. The van der Waals surface area contributed by atoms with Crippen molar-refractivity contribution < 1.29 is 17.9 Å². The van der Waals surface area contributed by atoms with E-state index in [1.54, 1.807) is 4.31 Å². The van der Waals surface area contributed by atoms with E-state index in [1.807, 2.05) is 0 Å². The van der Waals surface area contributed by atoms with Gasteiger partial charge < -0.3 is 10.1 Å². The Hall–Kier alpha value is -0.740. The fraction of sp³-hybridized carbons (Fsp3) is 0.941. The molecule has 1 N–H and O–H groups in total. The highest BCUT2D eigenvalue weighted by atomic mass is 32.2. The fourth-order valence-corrected chi connectivity index (χ4v) is 5.71. The second-order valence-corrected chi connectivity index (χ2v) is 9.34. The van der Waals surface area contributed by atoms with Crippen LogP contribution in [0.2, 0.25) is 0 Å². The van der Waals surface area contributed by atoms with Gasteiger partial charge in [0.25, 0.3) is 10.2 Å². The second kappa shape index (κ2) is 9.45. The standard InChI is InChI=1S/C17H32N4O4S/c22-17(18-6-4-7-19-11-13-25-14-12-19)16-5-3-10-21(15-16)26(23,24)20-8-1-2-9-20/h16H,1-15H2,(H,18,22). The lowest BCUT2D eigenvalue weighted by Crippen LogP contribution is -2.50. The van der Waals surface area contributed by atoms with Gasteiger partial charge in [-0.2, -0.15) is 17.0 Å². The van der Waals surface area contributed by atoms with Gasteiger partial charge in [-0.3, -0.25) is 9.69 Å². The Morgan fingerprint density at radius 3 is 2.42 bits per heavy atom. The summed E-state index contributed by atoms with van der Waals surface area (Å²) in [6.07, 6.45) is 4.29. The molecule has 1 amide bonds. The van der Waals surface area contributed by atoms with Gasteiger partial charge in [0, 0.05) is 45.8 Å². The van der Waals surface area contributed by atoms with E-state index in [0.29, 0.717) is 32.7 Å². The monoisotopic (exact) mass is 388 g/mol. The number of nitrogens with one attached hydrogen (secondary N) is 1. The molecule has 3 fully saturated rings. The van der Waals surface area contributed by atoms with Gasteiger partial charge in [0.05, 0.1) is 19.1 Å². The van der Waals surface area contributed by atoms with Crippen molar-refractivity contribution >= 4 is 16.1 Å². The van der Waals surface area contributed by atoms with E-state index in [2.05, 4.69) is 10.2 Å². The molecule has 3 aliphatic rings. The maximum absolute atomic E-state index is 12.7. The van der Waals surface area contributed by atoms with Crippen molar-refractivity contribution in [3.05, 3.63) is 0 Å². The third-order valence-corrected chi connectivity index (χ3v) is 7.53. The lowest BCUT2D eigenvalue weighted by Gasteiger charge is -2.33. The van der Waals surface area contributed by atoms with Crippen molar-refractivity contribution in [1.82, 2.24) is 18.8 Å². The lowest BCUT2D eigenvalue weighted by atomic mass is 9.99. The third-order valence-electron chi connectivity index (χ3n) is 5.53. The SMILES string of the molecule is O=C(NCCCN1CCOCC1)C1CCCN(S(=O)(=O)N2CCCC2)C1. The molecule has 8 nitrogen and oxygen atoms in total. The number of nitrogens with zero attached hydrogens (tertiary/aromatic N) is 3. The first kappa shape index (κ1) is 20.0. The third kappa shape index (κ3) is 5.16. The number of rotatable bonds is 7. The molecular formula is C17H32N4O4S. The molecular weight excluding hydrogens is 356 g/mol. The van der Waals surface area contributed by atoms with Crippen molar-refractivity contribution in [2.45, 2.75) is 32.1 Å². The van der Waals surface area contributed by atoms with Crippen molar-refractivity contribution in [2.75, 3.05) is 65.6 Å². The Morgan fingerprint density at radius 1 is 1.00 bits per heavy atom. The summed E-state index contributed by atoms with van der Waals surface area (Å²) >= 11 is 0. The summed E-state index contributed by atoms with van der Waals surface area (Å²) < 4.78 is 33.8. The summed E-state index contributed by atoms with van der Waals surface area (Å²) in [6.45, 7) is 7.16. The van der Waals surface area contributed by atoms with E-state index in [4.69, 9.17) is 4.74 Å². The van der Waals surface area contributed by atoms with E-state index in [1.165, 1.54) is 4.31 Å². The summed E-state index contributed by atoms with van der Waals surface area (Å²) in [6, 6.07) is 0. The van der Waals surface area contributed by atoms with Gasteiger partial charge in [-0.25, -0.2) is 0 Å². The zero-order valence-corrected chi connectivity index (χ0v) is 16.4. The normalized spacial score (nSPS) is 26.8. The first-order valence-electron chi connectivity index (χ1n) is 9.90. The zero-order chi connectivity index (χ0) is 18.4. The van der Waals surface area contributed by atoms with Crippen LogP contribution in [-0.2, 0) is 19.7 Å². The van der Waals surface area contributed by atoms with Crippen molar-refractivity contribution in [3.8, 4) is 0 Å². The Morgan fingerprint density at radius 2 is 1.69 bits per heavy atom. The Labute approximate surface area is 157 Å². The summed E-state index contributed by atoms with van der Waals surface area (Å²) in [5.74, 6) is -0.238. The van der Waals surface area contributed by atoms with E-state index < -0.39 is 10.2 Å². The number of hydrogen-bond donors (Lipinski definition) is 1. The number of amides is 1. The van der Waals surface area contributed by atoms with Gasteiger partial charge in [0.2, 0.25) is 5.91 Å². The van der Waals surface area contributed by atoms with Crippen LogP contribution < -0.4 is 5.32 Å². The number of morpholine rings is 1. The van der Waals surface area contributed by atoms with Crippen LogP contribution in [0, 0.1) is 5.92 Å². The number of carbonyl (C=O) groups is 1. The highest BCUT2D eigenvalue weighted by Gasteiger charge is 2.36. The lowest BCUT2D eigenvalue weighted by molar-refractivity contribution is -0.126. The van der Waals surface area contributed by atoms with Gasteiger partial charge >= 0.3 is 0 Å². The van der Waals surface area contributed by atoms with E-state index in [-0.39, 0.29) is 11.8 Å². The summed E-state index contributed by atoms with van der Waals surface area (Å²) in [4.78, 5) is 14.8. The van der Waals surface area contributed by atoms with Crippen LogP contribution in [-0.4, -0.2) is 93.4 Å². The first-order chi connectivity index (χ1) is 12.6. The number of piperidine rings is 1. The van der Waals surface area contributed by atoms with Crippen LogP contribution in [0.1, 0.15) is 32.1 Å². The minimum absolute atomic E-state index is 0.00620. The molecule has 3 rings (SSSR count). The maximum atomic E-state index is 12.7.